The number of rotatable bonds is 9. The lowest BCUT2D eigenvalue weighted by Crippen LogP contribution is -2.61. The van der Waals surface area contributed by atoms with Crippen LogP contribution in [0.5, 0.6) is 0 Å². The molecular weight excluding hydrogens is 564 g/mol. The summed E-state index contributed by atoms with van der Waals surface area (Å²) in [5.74, 6) is -4.72. The summed E-state index contributed by atoms with van der Waals surface area (Å²) < 4.78 is 22.9. The van der Waals surface area contributed by atoms with Gasteiger partial charge in [-0.25, -0.2) is 0 Å². The van der Waals surface area contributed by atoms with Crippen LogP contribution in [0.4, 0.5) is 0 Å². The maximum atomic E-state index is 12.9. The average Bonchev–Trinajstić information content (AvgIpc) is 3.25. The van der Waals surface area contributed by atoms with Gasteiger partial charge in [-0.3, -0.25) is 4.79 Å². The quantitative estimate of drug-likeness (QED) is 0.119. The van der Waals surface area contributed by atoms with Gasteiger partial charge in [-0.2, -0.15) is 0 Å². The van der Waals surface area contributed by atoms with Gasteiger partial charge >= 0.3 is 0 Å². The van der Waals surface area contributed by atoms with E-state index in [1.807, 2.05) is 0 Å². The van der Waals surface area contributed by atoms with Crippen LogP contribution in [0.15, 0.2) is 0 Å². The van der Waals surface area contributed by atoms with E-state index in [4.69, 9.17) is 18.9 Å². The Balaban J connectivity index is 1.57. The highest BCUT2D eigenvalue weighted by molar-refractivity contribution is 5.89. The zero-order valence-electron chi connectivity index (χ0n) is 24.0. The Labute approximate surface area is 243 Å². The van der Waals surface area contributed by atoms with Crippen molar-refractivity contribution >= 4 is 5.78 Å². The standard InChI is InChI=1S/C27H46O15/c1-24(2,42-23-21(35)20(34)18(32)15(8-28)40-23)12-4-5-26(38,14-7-17(31)25(3,37)13(14)6-12)11-39-27(10-30)22(36)19(33)16(9-29)41-27/h12-16,18-23,28-30,32-38H,4-11H2,1-3H3/t12-,13-,14+,15-,16-,18-,19-,20+,21-,22+,23+,25+,26+,27-/m1/s1. The van der Waals surface area contributed by atoms with Crippen LogP contribution in [-0.4, -0.2) is 155 Å². The van der Waals surface area contributed by atoms with Crippen LogP contribution < -0.4 is 0 Å². The van der Waals surface area contributed by atoms with Crippen molar-refractivity contribution in [3.8, 4) is 0 Å². The molecule has 15 nitrogen and oxygen atoms in total. The van der Waals surface area contributed by atoms with E-state index in [0.29, 0.717) is 0 Å². The summed E-state index contributed by atoms with van der Waals surface area (Å²) in [5, 5.41) is 104. The molecule has 2 saturated carbocycles. The first-order valence-corrected chi connectivity index (χ1v) is 14.3. The third-order valence-electron chi connectivity index (χ3n) is 10.1. The lowest BCUT2D eigenvalue weighted by Gasteiger charge is -2.45. The number of hydrogen-bond acceptors (Lipinski definition) is 15. The molecule has 0 aromatic heterocycles. The molecule has 4 rings (SSSR count). The van der Waals surface area contributed by atoms with E-state index >= 15 is 0 Å². The molecule has 0 radical (unpaired) electrons. The van der Waals surface area contributed by atoms with E-state index in [1.165, 1.54) is 6.92 Å². The lowest BCUT2D eigenvalue weighted by atomic mass is 9.74. The number of hydrogen-bond donors (Lipinski definition) is 10. The van der Waals surface area contributed by atoms with E-state index < -0.39 is 122 Å². The molecule has 0 bridgehead atoms. The number of Topliss-reactive ketones (excluding diaryl/α,β-unsaturated/α-hetero) is 1. The van der Waals surface area contributed by atoms with E-state index in [9.17, 15) is 55.9 Å². The molecule has 15 heteroatoms. The highest BCUT2D eigenvalue weighted by atomic mass is 16.7. The summed E-state index contributed by atoms with van der Waals surface area (Å²) in [6.45, 7) is 1.96. The van der Waals surface area contributed by atoms with Gasteiger partial charge < -0.3 is 70.0 Å². The largest absolute Gasteiger partial charge is 0.394 e. The second kappa shape index (κ2) is 12.1. The molecule has 2 aliphatic heterocycles. The van der Waals surface area contributed by atoms with Crippen molar-refractivity contribution < 1.29 is 74.8 Å². The zero-order valence-corrected chi connectivity index (χ0v) is 24.0. The number of aliphatic hydroxyl groups is 10. The maximum absolute atomic E-state index is 12.9. The Bertz CT molecular complexity index is 960. The van der Waals surface area contributed by atoms with E-state index in [-0.39, 0.29) is 25.7 Å². The molecule has 0 amide bonds. The molecule has 42 heavy (non-hydrogen) atoms. The fourth-order valence-electron chi connectivity index (χ4n) is 7.06. The predicted molar refractivity (Wildman–Crippen MR) is 138 cm³/mol. The Morgan fingerprint density at radius 1 is 0.929 bits per heavy atom. The number of ether oxygens (including phenoxy) is 4. The predicted octanol–water partition coefficient (Wildman–Crippen LogP) is -4.11. The SMILES string of the molecule is CC(C)(O[C@@H]1O[C@H](CO)[C@@H](O)[C@H](O)[C@H]1O)[C@@H]1CC[C@](O)(CO[C@]2(CO)O[C@H](CO)[C@@H](O)[C@@H]2O)[C@H]2CC(=O)[C@@](C)(O)[C@@H]2C1. The van der Waals surface area contributed by atoms with Crippen LogP contribution in [0.2, 0.25) is 0 Å². The monoisotopic (exact) mass is 610 g/mol. The molecule has 0 aromatic carbocycles. The van der Waals surface area contributed by atoms with Gasteiger partial charge in [-0.15, -0.1) is 0 Å². The minimum Gasteiger partial charge on any atom is -0.394 e. The van der Waals surface area contributed by atoms with Gasteiger partial charge in [0.2, 0.25) is 5.79 Å². The van der Waals surface area contributed by atoms with Crippen LogP contribution in [0.3, 0.4) is 0 Å². The lowest BCUT2D eigenvalue weighted by molar-refractivity contribution is -0.329. The first kappa shape index (κ1) is 34.0. The highest BCUT2D eigenvalue weighted by Gasteiger charge is 2.62. The first-order chi connectivity index (χ1) is 19.5. The fraction of sp³-hybridized carbons (Fsp3) is 0.963. The molecule has 4 fully saturated rings. The van der Waals surface area contributed by atoms with E-state index in [2.05, 4.69) is 0 Å². The van der Waals surface area contributed by atoms with Gasteiger partial charge in [0.05, 0.1) is 31.0 Å². The molecule has 0 unspecified atom stereocenters. The average molecular weight is 611 g/mol. The van der Waals surface area contributed by atoms with Gasteiger partial charge in [0.15, 0.2) is 12.1 Å². The minimum absolute atomic E-state index is 0.00719. The molecule has 2 aliphatic carbocycles. The van der Waals surface area contributed by atoms with Gasteiger partial charge in [-0.05, 0) is 46.0 Å². The smallest absolute Gasteiger partial charge is 0.221 e. The van der Waals surface area contributed by atoms with Crippen molar-refractivity contribution in [2.75, 3.05) is 26.4 Å². The molecule has 0 spiro atoms. The number of fused-ring (bicyclic) bond motifs is 1. The van der Waals surface area contributed by atoms with Gasteiger partial charge in [-0.1, -0.05) is 0 Å². The molecule has 4 aliphatic rings. The molecule has 10 N–H and O–H groups in total. The van der Waals surface area contributed by atoms with Crippen molar-refractivity contribution in [3.05, 3.63) is 0 Å². The molecule has 2 saturated heterocycles. The van der Waals surface area contributed by atoms with E-state index in [0.717, 1.165) is 0 Å². The van der Waals surface area contributed by atoms with Gasteiger partial charge in [0, 0.05) is 18.3 Å². The second-order valence-corrected chi connectivity index (χ2v) is 13.0. The number of carbonyl (C=O) groups is 1. The second-order valence-electron chi connectivity index (χ2n) is 13.0. The van der Waals surface area contributed by atoms with Crippen molar-refractivity contribution in [1.82, 2.24) is 0 Å². The van der Waals surface area contributed by atoms with E-state index in [1.54, 1.807) is 13.8 Å². The summed E-state index contributed by atoms with van der Waals surface area (Å²) in [5.41, 5.74) is -4.75. The molecule has 0 aromatic rings. The third kappa shape index (κ3) is 5.78. The van der Waals surface area contributed by atoms with Gasteiger partial charge in [0.1, 0.15) is 54.9 Å². The van der Waals surface area contributed by atoms with Crippen molar-refractivity contribution in [2.45, 2.75) is 118 Å². The normalized spacial score (nSPS) is 50.1. The van der Waals surface area contributed by atoms with Crippen LogP contribution in [-0.2, 0) is 23.7 Å². The molecule has 244 valence electrons. The Morgan fingerprint density at radius 2 is 1.57 bits per heavy atom. The van der Waals surface area contributed by atoms with Crippen molar-refractivity contribution in [1.29, 1.82) is 0 Å². The van der Waals surface area contributed by atoms with Crippen molar-refractivity contribution in [2.24, 2.45) is 17.8 Å². The summed E-state index contributed by atoms with van der Waals surface area (Å²) in [6, 6.07) is 0. The molecular formula is C27H46O15. The first-order valence-electron chi connectivity index (χ1n) is 14.3. The van der Waals surface area contributed by atoms with Crippen LogP contribution in [0.1, 0.15) is 46.5 Å². The maximum Gasteiger partial charge on any atom is 0.221 e. The fourth-order valence-corrected chi connectivity index (χ4v) is 7.06. The topological polar surface area (TPSA) is 256 Å². The van der Waals surface area contributed by atoms with Crippen LogP contribution in [0, 0.1) is 17.8 Å². The number of aliphatic hydroxyl groups excluding tert-OH is 8. The number of carbonyl (C=O) groups excluding carboxylic acids is 1. The summed E-state index contributed by atoms with van der Waals surface area (Å²) in [4.78, 5) is 12.9. The van der Waals surface area contributed by atoms with Crippen LogP contribution in [0.25, 0.3) is 0 Å². The third-order valence-corrected chi connectivity index (χ3v) is 10.1. The number of ketones is 1. The molecule has 14 atom stereocenters. The summed E-state index contributed by atoms with van der Waals surface area (Å²) in [7, 11) is 0. The minimum atomic E-state index is -2.15. The Hall–Kier alpha value is -0.890. The zero-order chi connectivity index (χ0) is 31.4. The Kier molecular flexibility index (Phi) is 9.82. The summed E-state index contributed by atoms with van der Waals surface area (Å²) >= 11 is 0. The van der Waals surface area contributed by atoms with Gasteiger partial charge in [0.25, 0.3) is 0 Å². The van der Waals surface area contributed by atoms with Crippen LogP contribution >= 0.6 is 0 Å². The molecule has 2 heterocycles. The van der Waals surface area contributed by atoms with Crippen molar-refractivity contribution in [3.63, 3.8) is 0 Å². The highest BCUT2D eigenvalue weighted by Crippen LogP contribution is 2.53. The summed E-state index contributed by atoms with van der Waals surface area (Å²) in [6.07, 6.45) is -11.8. The Morgan fingerprint density at radius 3 is 2.14 bits per heavy atom.